The highest BCUT2D eigenvalue weighted by molar-refractivity contribution is 5.93. The van der Waals surface area contributed by atoms with Crippen LogP contribution in [0, 0.1) is 5.92 Å². The summed E-state index contributed by atoms with van der Waals surface area (Å²) < 4.78 is 20.9. The summed E-state index contributed by atoms with van der Waals surface area (Å²) in [4.78, 5) is 24.3. The lowest BCUT2D eigenvalue weighted by Gasteiger charge is -2.20. The third-order valence-electron chi connectivity index (χ3n) is 4.28. The molecule has 0 saturated heterocycles. The van der Waals surface area contributed by atoms with Gasteiger partial charge in [-0.25, -0.2) is 4.79 Å². The molecule has 2 amide bonds. The highest BCUT2D eigenvalue weighted by atomic mass is 16.5. The molecular formula is C21H29N3O6. The van der Waals surface area contributed by atoms with Gasteiger partial charge in [-0.05, 0) is 37.5 Å². The summed E-state index contributed by atoms with van der Waals surface area (Å²) in [5, 5.41) is 9.40. The first-order valence-corrected chi connectivity index (χ1v) is 9.78. The summed E-state index contributed by atoms with van der Waals surface area (Å²) in [6.07, 6.45) is 0.177. The number of hydrogen-bond donors (Lipinski definition) is 2. The van der Waals surface area contributed by atoms with Crippen molar-refractivity contribution in [3.63, 3.8) is 0 Å². The van der Waals surface area contributed by atoms with Crippen LogP contribution in [0.25, 0.3) is 11.3 Å². The molecule has 9 heteroatoms. The third-order valence-corrected chi connectivity index (χ3v) is 4.28. The van der Waals surface area contributed by atoms with Crippen LogP contribution in [0.4, 0.5) is 4.79 Å². The van der Waals surface area contributed by atoms with Crippen molar-refractivity contribution in [3.05, 3.63) is 30.0 Å². The zero-order valence-corrected chi connectivity index (χ0v) is 18.0. The number of amides is 2. The van der Waals surface area contributed by atoms with Gasteiger partial charge in [0.1, 0.15) is 11.5 Å². The SMILES string of the molecule is CCOC(=O)NC(CNC(=O)c1cc(-c2cc(OC)ccc2OC)on1)CC(C)C. The second-order valence-electron chi connectivity index (χ2n) is 7.04. The van der Waals surface area contributed by atoms with Crippen molar-refractivity contribution in [3.8, 4) is 22.8 Å². The lowest BCUT2D eigenvalue weighted by atomic mass is 10.0. The monoisotopic (exact) mass is 419 g/mol. The van der Waals surface area contributed by atoms with Crippen LogP contribution in [0.1, 0.15) is 37.7 Å². The maximum Gasteiger partial charge on any atom is 0.407 e. The molecule has 2 rings (SSSR count). The second kappa shape index (κ2) is 11.1. The summed E-state index contributed by atoms with van der Waals surface area (Å²) in [5.41, 5.74) is 0.736. The zero-order valence-electron chi connectivity index (χ0n) is 18.0. The van der Waals surface area contributed by atoms with E-state index in [1.807, 2.05) is 13.8 Å². The molecule has 9 nitrogen and oxygen atoms in total. The van der Waals surface area contributed by atoms with Crippen LogP contribution < -0.4 is 20.1 Å². The Kier molecular flexibility index (Phi) is 8.52. The molecular weight excluding hydrogens is 390 g/mol. The fraction of sp³-hybridized carbons (Fsp3) is 0.476. The summed E-state index contributed by atoms with van der Waals surface area (Å²) in [7, 11) is 3.10. The topological polar surface area (TPSA) is 112 Å². The summed E-state index contributed by atoms with van der Waals surface area (Å²) in [5.74, 6) is 1.47. The van der Waals surface area contributed by atoms with E-state index in [4.69, 9.17) is 18.7 Å². The maximum absolute atomic E-state index is 12.5. The molecule has 2 aromatic rings. The third kappa shape index (κ3) is 6.40. The highest BCUT2D eigenvalue weighted by Gasteiger charge is 2.20. The normalized spacial score (nSPS) is 11.7. The molecule has 1 unspecified atom stereocenters. The van der Waals surface area contributed by atoms with Crippen LogP contribution in [0.15, 0.2) is 28.8 Å². The van der Waals surface area contributed by atoms with Crippen molar-refractivity contribution in [2.45, 2.75) is 33.2 Å². The van der Waals surface area contributed by atoms with E-state index < -0.39 is 12.0 Å². The van der Waals surface area contributed by atoms with Crippen LogP contribution in [0.3, 0.4) is 0 Å². The lowest BCUT2D eigenvalue weighted by molar-refractivity contribution is 0.0935. The molecule has 1 atom stereocenters. The fourth-order valence-electron chi connectivity index (χ4n) is 2.92. The summed E-state index contributed by atoms with van der Waals surface area (Å²) >= 11 is 0. The van der Waals surface area contributed by atoms with E-state index in [2.05, 4.69) is 15.8 Å². The van der Waals surface area contributed by atoms with Crippen molar-refractivity contribution in [2.24, 2.45) is 5.92 Å². The van der Waals surface area contributed by atoms with Gasteiger partial charge in [0.15, 0.2) is 11.5 Å². The molecule has 1 heterocycles. The number of nitrogens with one attached hydrogen (secondary N) is 2. The molecule has 0 radical (unpaired) electrons. The number of carbonyl (C=O) groups excluding carboxylic acids is 2. The van der Waals surface area contributed by atoms with Crippen LogP contribution in [0.5, 0.6) is 11.5 Å². The Morgan fingerprint density at radius 2 is 1.93 bits per heavy atom. The smallest absolute Gasteiger partial charge is 0.407 e. The van der Waals surface area contributed by atoms with Crippen molar-refractivity contribution < 1.29 is 28.3 Å². The van der Waals surface area contributed by atoms with Gasteiger partial charge in [0, 0.05) is 18.7 Å². The fourth-order valence-corrected chi connectivity index (χ4v) is 2.92. The second-order valence-corrected chi connectivity index (χ2v) is 7.04. The minimum absolute atomic E-state index is 0.120. The minimum Gasteiger partial charge on any atom is -0.497 e. The van der Waals surface area contributed by atoms with Gasteiger partial charge in [0.25, 0.3) is 5.91 Å². The van der Waals surface area contributed by atoms with E-state index in [1.165, 1.54) is 6.07 Å². The standard InChI is InChI=1S/C21H29N3O6/c1-6-29-21(26)23-14(9-13(2)3)12-22-20(25)17-11-19(30-24-17)16-10-15(27-4)7-8-18(16)28-5/h7-8,10-11,13-14H,6,9,12H2,1-5H3,(H,22,25)(H,23,26). The number of carbonyl (C=O) groups is 2. The number of ether oxygens (including phenoxy) is 3. The van der Waals surface area contributed by atoms with Gasteiger partial charge in [-0.2, -0.15) is 0 Å². The average Bonchev–Trinajstić information content (AvgIpc) is 3.21. The van der Waals surface area contributed by atoms with Gasteiger partial charge in [-0.3, -0.25) is 4.79 Å². The Morgan fingerprint density at radius 3 is 2.57 bits per heavy atom. The van der Waals surface area contributed by atoms with Crippen molar-refractivity contribution in [2.75, 3.05) is 27.4 Å². The number of alkyl carbamates (subject to hydrolysis) is 1. The molecule has 2 N–H and O–H groups in total. The maximum atomic E-state index is 12.5. The molecule has 0 saturated carbocycles. The average molecular weight is 419 g/mol. The number of methoxy groups -OCH3 is 2. The van der Waals surface area contributed by atoms with Gasteiger partial charge in [0.05, 0.1) is 26.4 Å². The predicted molar refractivity (Wildman–Crippen MR) is 111 cm³/mol. The molecule has 0 spiro atoms. The van der Waals surface area contributed by atoms with Gasteiger partial charge in [-0.1, -0.05) is 19.0 Å². The molecule has 164 valence electrons. The Labute approximate surface area is 176 Å². The van der Waals surface area contributed by atoms with Crippen LogP contribution >= 0.6 is 0 Å². The lowest BCUT2D eigenvalue weighted by Crippen LogP contribution is -2.44. The van der Waals surface area contributed by atoms with E-state index in [1.54, 1.807) is 39.3 Å². The van der Waals surface area contributed by atoms with Gasteiger partial charge in [0.2, 0.25) is 0 Å². The van der Waals surface area contributed by atoms with Crippen molar-refractivity contribution in [1.29, 1.82) is 0 Å². The Balaban J connectivity index is 2.08. The van der Waals surface area contributed by atoms with Gasteiger partial charge in [-0.15, -0.1) is 0 Å². The number of benzene rings is 1. The van der Waals surface area contributed by atoms with E-state index in [0.29, 0.717) is 35.2 Å². The Morgan fingerprint density at radius 1 is 1.17 bits per heavy atom. The van der Waals surface area contributed by atoms with E-state index in [0.717, 1.165) is 0 Å². The summed E-state index contributed by atoms with van der Waals surface area (Å²) in [6.45, 7) is 6.32. The zero-order chi connectivity index (χ0) is 22.1. The molecule has 0 aliphatic carbocycles. The van der Waals surface area contributed by atoms with Crippen molar-refractivity contribution in [1.82, 2.24) is 15.8 Å². The number of nitrogens with zero attached hydrogens (tertiary/aromatic N) is 1. The molecule has 1 aromatic heterocycles. The minimum atomic E-state index is -0.508. The van der Waals surface area contributed by atoms with E-state index in [-0.39, 0.29) is 24.9 Å². The molecule has 0 aliphatic heterocycles. The quantitative estimate of drug-likeness (QED) is 0.608. The van der Waals surface area contributed by atoms with Crippen molar-refractivity contribution >= 4 is 12.0 Å². The number of hydrogen-bond acceptors (Lipinski definition) is 7. The van der Waals surface area contributed by atoms with Gasteiger partial charge < -0.3 is 29.4 Å². The largest absolute Gasteiger partial charge is 0.497 e. The number of rotatable bonds is 10. The Hall–Kier alpha value is -3.23. The van der Waals surface area contributed by atoms with E-state index >= 15 is 0 Å². The predicted octanol–water partition coefficient (Wildman–Crippen LogP) is 3.25. The van der Waals surface area contributed by atoms with Crippen LogP contribution in [-0.4, -0.2) is 50.6 Å². The van der Waals surface area contributed by atoms with Crippen LogP contribution in [-0.2, 0) is 4.74 Å². The molecule has 0 bridgehead atoms. The molecule has 1 aromatic carbocycles. The molecule has 30 heavy (non-hydrogen) atoms. The number of aromatic nitrogens is 1. The first-order valence-electron chi connectivity index (χ1n) is 9.78. The first-order chi connectivity index (χ1) is 14.4. The molecule has 0 fully saturated rings. The summed E-state index contributed by atoms with van der Waals surface area (Å²) in [6, 6.07) is 6.51. The molecule has 0 aliphatic rings. The van der Waals surface area contributed by atoms with Gasteiger partial charge >= 0.3 is 6.09 Å². The highest BCUT2D eigenvalue weighted by Crippen LogP contribution is 2.33. The Bertz CT molecular complexity index is 849. The van der Waals surface area contributed by atoms with Crippen LogP contribution in [0.2, 0.25) is 0 Å². The first kappa shape index (κ1) is 23.1. The van der Waals surface area contributed by atoms with E-state index in [9.17, 15) is 9.59 Å².